The maximum absolute atomic E-state index is 7.51. The largest absolute Gasteiger partial charge is 0.468 e. The Kier molecular flexibility index (Phi) is 10.4. The molecule has 0 spiro atoms. The van der Waals surface area contributed by atoms with Gasteiger partial charge in [0.2, 0.25) is 0 Å². The molecule has 0 atom stereocenters. The van der Waals surface area contributed by atoms with Gasteiger partial charge in [0, 0.05) is 64.6 Å². The van der Waals surface area contributed by atoms with Crippen LogP contribution in [0.1, 0.15) is 58.2 Å². The van der Waals surface area contributed by atoms with Gasteiger partial charge in [0.05, 0.1) is 22.7 Å². The van der Waals surface area contributed by atoms with Crippen molar-refractivity contribution in [3.63, 3.8) is 0 Å². The molecule has 0 radical (unpaired) electrons. The summed E-state index contributed by atoms with van der Waals surface area (Å²) in [5.41, 5.74) is 23.9. The molecule has 6 heterocycles. The van der Waals surface area contributed by atoms with Crippen molar-refractivity contribution < 1.29 is 8.83 Å². The van der Waals surface area contributed by atoms with Crippen molar-refractivity contribution in [2.45, 2.75) is 59.3 Å². The molecule has 4 aromatic heterocycles. The third-order valence-electron chi connectivity index (χ3n) is 16.4. The quantitative estimate of drug-likeness (QED) is 0.155. The number of nitrogens with zero attached hydrogens (tertiary/aromatic N) is 2. The van der Waals surface area contributed by atoms with Crippen LogP contribution in [0.2, 0.25) is 0 Å². The highest BCUT2D eigenvalue weighted by Crippen LogP contribution is 2.54. The summed E-state index contributed by atoms with van der Waals surface area (Å²) in [7, 11) is 0. The number of furan rings is 2. The topological polar surface area (TPSA) is 32.8 Å². The number of anilines is 6. The fourth-order valence-corrected chi connectivity index (χ4v) is 14.4. The van der Waals surface area contributed by atoms with E-state index in [2.05, 4.69) is 263 Å². The summed E-state index contributed by atoms with van der Waals surface area (Å²) in [6.45, 7) is 15.7. The van der Waals surface area contributed by atoms with E-state index in [4.69, 9.17) is 8.83 Å². The van der Waals surface area contributed by atoms with Crippen molar-refractivity contribution in [3.8, 4) is 44.5 Å². The van der Waals surface area contributed by atoms with Gasteiger partial charge in [0.15, 0.2) is 0 Å². The highest BCUT2D eigenvalue weighted by Gasteiger charge is 2.50. The number of hydrogen-bond acceptors (Lipinski definition) is 6. The van der Waals surface area contributed by atoms with E-state index in [-0.39, 0.29) is 17.5 Å². The van der Waals surface area contributed by atoms with Gasteiger partial charge in [-0.25, -0.2) is 0 Å². The first kappa shape index (κ1) is 46.9. The summed E-state index contributed by atoms with van der Waals surface area (Å²) in [6, 6.07) is 72.0. The maximum atomic E-state index is 7.51. The van der Waals surface area contributed by atoms with E-state index >= 15 is 0 Å². The van der Waals surface area contributed by atoms with Gasteiger partial charge in [-0.1, -0.05) is 163 Å². The standard InChI is InChI=1S/C71H55BN2O2S2/c1-42-34-59-65-60(35-42)74(58-31-27-46(37-52(58)44-20-12-9-13-21-44)56-41-78-64-25-17-15-23-50(56)64)67-54-39-48(71(5,6)7)29-33-62(54)76-69(67)72(65)68-66(53-38-47(70(2,3)4)28-32-61(53)75-68)73(59)57-30-26-45(36-51(57)43-18-10-8-11-19-43)55-40-77-63-24-16-14-22-49(55)63/h8-41H,1-7H3. The smallest absolute Gasteiger partial charge is 0.342 e. The van der Waals surface area contributed by atoms with E-state index in [0.29, 0.717) is 0 Å². The van der Waals surface area contributed by atoms with Gasteiger partial charge in [-0.2, -0.15) is 0 Å². The molecule has 78 heavy (non-hydrogen) atoms. The number of aryl methyl sites for hydroxylation is 1. The Bertz CT molecular complexity index is 4280. The van der Waals surface area contributed by atoms with Crippen LogP contribution in [0.4, 0.5) is 34.1 Å². The number of rotatable bonds is 6. The molecule has 0 bridgehead atoms. The summed E-state index contributed by atoms with van der Waals surface area (Å²) in [5.74, 6) is 0. The molecule has 0 aliphatic carbocycles. The number of fused-ring (bicyclic) bond motifs is 10. The van der Waals surface area contributed by atoms with Crippen molar-refractivity contribution in [1.29, 1.82) is 0 Å². The molecule has 0 saturated heterocycles. The molecule has 0 saturated carbocycles. The fraction of sp³-hybridized carbons (Fsp3) is 0.127. The number of benzene rings is 9. The van der Waals surface area contributed by atoms with Crippen LogP contribution >= 0.6 is 22.7 Å². The zero-order valence-electron chi connectivity index (χ0n) is 44.7. The second-order valence-corrected chi connectivity index (χ2v) is 25.2. The molecule has 7 heteroatoms. The third kappa shape index (κ3) is 7.24. The van der Waals surface area contributed by atoms with Gasteiger partial charge in [-0.15, -0.1) is 22.7 Å². The fourth-order valence-electron chi connectivity index (χ4n) is 12.4. The molecule has 0 amide bonds. The van der Waals surface area contributed by atoms with Crippen LogP contribution in [0.3, 0.4) is 0 Å². The zero-order valence-corrected chi connectivity index (χ0v) is 46.4. The lowest BCUT2D eigenvalue weighted by molar-refractivity contribution is 0.590. The summed E-state index contributed by atoms with van der Waals surface area (Å²) in [5, 5.41) is 9.32. The van der Waals surface area contributed by atoms with E-state index in [9.17, 15) is 0 Å². The minimum atomic E-state index is -0.377. The Labute approximate surface area is 463 Å². The van der Waals surface area contributed by atoms with Gasteiger partial charge < -0.3 is 18.6 Å². The van der Waals surface area contributed by atoms with Crippen LogP contribution in [-0.2, 0) is 10.8 Å². The summed E-state index contributed by atoms with van der Waals surface area (Å²) < 4.78 is 17.6. The molecule has 0 N–H and O–H groups in total. The first-order valence-corrected chi connectivity index (χ1v) is 28.8. The van der Waals surface area contributed by atoms with Gasteiger partial charge in [-0.05, 0) is 146 Å². The van der Waals surface area contributed by atoms with Crippen molar-refractivity contribution in [1.82, 2.24) is 0 Å². The van der Waals surface area contributed by atoms with Crippen LogP contribution in [0, 0.1) is 6.92 Å². The van der Waals surface area contributed by atoms with Crippen molar-refractivity contribution in [2.24, 2.45) is 0 Å². The molecule has 376 valence electrons. The SMILES string of the molecule is Cc1cc2c3c(c1)N(c1ccc(-c4csc5ccccc45)cc1-c1ccccc1)c1c(oc4ccc(C(C)(C)C)cc14)B3c1oc3ccc(C(C)(C)C)cc3c1N2c1ccc(-c2csc3ccccc23)cc1-c1ccccc1. The molecule has 0 fully saturated rings. The normalized spacial score (nSPS) is 13.2. The number of thiophene rings is 2. The average molecular weight is 1040 g/mol. The number of hydrogen-bond donors (Lipinski definition) is 0. The monoisotopic (exact) mass is 1040 g/mol. The van der Waals surface area contributed by atoms with E-state index < -0.39 is 0 Å². The first-order valence-electron chi connectivity index (χ1n) is 27.1. The Morgan fingerprint density at radius 3 is 1.24 bits per heavy atom. The second-order valence-electron chi connectivity index (χ2n) is 23.4. The lowest BCUT2D eigenvalue weighted by Gasteiger charge is -2.42. The van der Waals surface area contributed by atoms with Gasteiger partial charge in [-0.3, -0.25) is 0 Å². The van der Waals surface area contributed by atoms with Crippen molar-refractivity contribution >= 4 is 122 Å². The van der Waals surface area contributed by atoms with E-state index in [0.717, 1.165) is 101 Å². The summed E-state index contributed by atoms with van der Waals surface area (Å²) in [6.07, 6.45) is 0. The van der Waals surface area contributed by atoms with Crippen LogP contribution < -0.4 is 26.6 Å². The third-order valence-corrected chi connectivity index (χ3v) is 18.3. The van der Waals surface area contributed by atoms with Crippen LogP contribution in [0.25, 0.3) is 86.6 Å². The van der Waals surface area contributed by atoms with E-state index in [1.54, 1.807) is 22.7 Å². The van der Waals surface area contributed by atoms with Crippen molar-refractivity contribution in [2.75, 3.05) is 9.80 Å². The molecule has 15 rings (SSSR count). The summed E-state index contributed by atoms with van der Waals surface area (Å²) in [4.78, 5) is 5.08. The first-order chi connectivity index (χ1) is 37.9. The zero-order chi connectivity index (χ0) is 52.8. The predicted molar refractivity (Wildman–Crippen MR) is 335 cm³/mol. The highest BCUT2D eigenvalue weighted by molar-refractivity contribution is 7.18. The molecule has 2 aliphatic heterocycles. The molecular weight excluding hydrogens is 988 g/mol. The molecular formula is C71H55BN2O2S2. The molecule has 0 unspecified atom stereocenters. The van der Waals surface area contributed by atoms with Crippen LogP contribution in [-0.4, -0.2) is 6.71 Å². The van der Waals surface area contributed by atoms with Gasteiger partial charge in [0.1, 0.15) is 22.5 Å². The minimum Gasteiger partial charge on any atom is -0.468 e. The van der Waals surface area contributed by atoms with Crippen LogP contribution in [0.5, 0.6) is 0 Å². The highest BCUT2D eigenvalue weighted by atomic mass is 32.1. The van der Waals surface area contributed by atoms with Gasteiger partial charge >= 0.3 is 6.71 Å². The average Bonchev–Trinajstić information content (AvgIpc) is 3.35. The van der Waals surface area contributed by atoms with E-state index in [1.807, 2.05) is 0 Å². The van der Waals surface area contributed by atoms with E-state index in [1.165, 1.54) is 53.6 Å². The molecule has 13 aromatic rings. The molecule has 4 nitrogen and oxygen atoms in total. The van der Waals surface area contributed by atoms with Crippen LogP contribution in [0.15, 0.2) is 214 Å². The maximum Gasteiger partial charge on any atom is 0.342 e. The lowest BCUT2D eigenvalue weighted by Crippen LogP contribution is -2.60. The molecule has 9 aromatic carbocycles. The minimum absolute atomic E-state index is 0.107. The van der Waals surface area contributed by atoms with Crippen molar-refractivity contribution in [3.05, 3.63) is 222 Å². The molecule has 2 aliphatic rings. The second kappa shape index (κ2) is 17.3. The lowest BCUT2D eigenvalue weighted by atomic mass is 9.37. The predicted octanol–water partition coefficient (Wildman–Crippen LogP) is 19.3. The Morgan fingerprint density at radius 1 is 0.385 bits per heavy atom. The van der Waals surface area contributed by atoms with Gasteiger partial charge in [0.25, 0.3) is 0 Å². The Morgan fingerprint density at radius 2 is 0.808 bits per heavy atom. The summed E-state index contributed by atoms with van der Waals surface area (Å²) >= 11 is 3.60. The Hall–Kier alpha value is -8.36. The Balaban J connectivity index is 1.06.